The summed E-state index contributed by atoms with van der Waals surface area (Å²) in [6.45, 7) is 7.35. The van der Waals surface area contributed by atoms with Crippen LogP contribution in [0.25, 0.3) is 0 Å². The Morgan fingerprint density at radius 3 is 2.42 bits per heavy atom. The molecule has 5 atom stereocenters. The van der Waals surface area contributed by atoms with Crippen molar-refractivity contribution in [2.45, 2.75) is 58.0 Å². The Morgan fingerprint density at radius 1 is 1.05 bits per heavy atom. The van der Waals surface area contributed by atoms with Crippen LogP contribution >= 0.6 is 23.2 Å². The number of benzene rings is 3. The van der Waals surface area contributed by atoms with Crippen molar-refractivity contribution in [2.75, 3.05) is 6.54 Å². The zero-order valence-electron chi connectivity index (χ0n) is 22.1. The minimum Gasteiger partial charge on any atom is -0.353 e. The molecular formula is C32H34Cl2N2O2. The Hall–Kier alpha value is -2.82. The highest BCUT2D eigenvalue weighted by Crippen LogP contribution is 2.59. The molecule has 2 aliphatic rings. The monoisotopic (exact) mass is 548 g/mol. The van der Waals surface area contributed by atoms with Gasteiger partial charge in [0.25, 0.3) is 5.91 Å². The summed E-state index contributed by atoms with van der Waals surface area (Å²) in [4.78, 5) is 28.3. The number of nitrogens with one attached hydrogen (secondary N) is 1. The number of hydrogen-bond acceptors (Lipinski definition) is 2. The highest BCUT2D eigenvalue weighted by atomic mass is 35.5. The van der Waals surface area contributed by atoms with Crippen molar-refractivity contribution in [1.29, 1.82) is 0 Å². The van der Waals surface area contributed by atoms with Gasteiger partial charge in [0.1, 0.15) is 0 Å². The van der Waals surface area contributed by atoms with Gasteiger partial charge in [-0.15, -0.1) is 0 Å². The van der Waals surface area contributed by atoms with Crippen LogP contribution < -0.4 is 5.32 Å². The number of carbonyl (C=O) groups excluding carboxylic acids is 2. The number of rotatable bonds is 6. The fraction of sp³-hybridized carbons (Fsp3) is 0.375. The summed E-state index contributed by atoms with van der Waals surface area (Å²) in [5, 5.41) is 4.50. The zero-order chi connectivity index (χ0) is 27.0. The van der Waals surface area contributed by atoms with Crippen molar-refractivity contribution in [3.63, 3.8) is 0 Å². The van der Waals surface area contributed by atoms with Crippen LogP contribution in [-0.4, -0.2) is 29.3 Å². The normalized spacial score (nSPS) is 26.5. The third kappa shape index (κ3) is 4.85. The van der Waals surface area contributed by atoms with Crippen LogP contribution in [0.4, 0.5) is 0 Å². The van der Waals surface area contributed by atoms with E-state index in [0.29, 0.717) is 28.7 Å². The van der Waals surface area contributed by atoms with Crippen LogP contribution in [0, 0.1) is 11.3 Å². The molecule has 1 saturated heterocycles. The van der Waals surface area contributed by atoms with Crippen LogP contribution in [0.5, 0.6) is 0 Å². The van der Waals surface area contributed by atoms with Crippen LogP contribution in [0.1, 0.15) is 72.5 Å². The maximum absolute atomic E-state index is 13.4. The van der Waals surface area contributed by atoms with Gasteiger partial charge in [0.05, 0.1) is 5.41 Å². The topological polar surface area (TPSA) is 49.4 Å². The first-order chi connectivity index (χ1) is 18.2. The van der Waals surface area contributed by atoms with Crippen molar-refractivity contribution in [3.8, 4) is 0 Å². The lowest BCUT2D eigenvalue weighted by Gasteiger charge is -2.46. The molecule has 5 rings (SSSR count). The van der Waals surface area contributed by atoms with E-state index in [2.05, 4.69) is 31.3 Å². The van der Waals surface area contributed by atoms with Gasteiger partial charge in [-0.2, -0.15) is 0 Å². The predicted octanol–water partition coefficient (Wildman–Crippen LogP) is 7.46. The second-order valence-electron chi connectivity index (χ2n) is 11.0. The van der Waals surface area contributed by atoms with Gasteiger partial charge in [-0.3, -0.25) is 9.59 Å². The van der Waals surface area contributed by atoms with Gasteiger partial charge in [0, 0.05) is 40.7 Å². The zero-order valence-corrected chi connectivity index (χ0v) is 23.6. The first-order valence-electron chi connectivity index (χ1n) is 13.4. The van der Waals surface area contributed by atoms with Gasteiger partial charge in [-0.05, 0) is 79.5 Å². The summed E-state index contributed by atoms with van der Waals surface area (Å²) in [6, 6.07) is 23.8. The van der Waals surface area contributed by atoms with E-state index in [1.165, 1.54) is 0 Å². The van der Waals surface area contributed by atoms with E-state index < -0.39 is 5.41 Å². The highest BCUT2D eigenvalue weighted by Gasteiger charge is 2.57. The van der Waals surface area contributed by atoms with Crippen LogP contribution in [-0.2, 0) is 11.3 Å². The lowest BCUT2D eigenvalue weighted by Crippen LogP contribution is -2.42. The predicted molar refractivity (Wildman–Crippen MR) is 154 cm³/mol. The maximum atomic E-state index is 13.4. The molecule has 4 nitrogen and oxygen atoms in total. The van der Waals surface area contributed by atoms with E-state index in [1.54, 1.807) is 0 Å². The molecule has 2 fully saturated rings. The smallest absolute Gasteiger partial charge is 0.254 e. The molecule has 1 aliphatic carbocycles. The first-order valence-corrected chi connectivity index (χ1v) is 14.2. The Bertz CT molecular complexity index is 1330. The summed E-state index contributed by atoms with van der Waals surface area (Å²) < 4.78 is 0. The first kappa shape index (κ1) is 26.8. The van der Waals surface area contributed by atoms with Crippen molar-refractivity contribution in [1.82, 2.24) is 10.2 Å². The van der Waals surface area contributed by atoms with E-state index in [-0.39, 0.29) is 35.6 Å². The van der Waals surface area contributed by atoms with Gasteiger partial charge in [0.2, 0.25) is 5.91 Å². The van der Waals surface area contributed by atoms with E-state index in [4.69, 9.17) is 23.2 Å². The van der Waals surface area contributed by atoms with Crippen molar-refractivity contribution < 1.29 is 9.59 Å². The Balaban J connectivity index is 1.48. The molecule has 3 aromatic carbocycles. The molecule has 0 unspecified atom stereocenters. The summed E-state index contributed by atoms with van der Waals surface area (Å²) in [7, 11) is 0. The average molecular weight is 550 g/mol. The number of fused-ring (bicyclic) bond motifs is 1. The number of halogens is 2. The van der Waals surface area contributed by atoms with Crippen molar-refractivity contribution in [3.05, 3.63) is 105 Å². The standard InChI is InChI=1S/C32H34Cl2N2O2/c1-4-36(19-21-8-6-5-7-9-21)30(37)23-12-15-25(27(34)18-23)26-16-17-32(3)29(20(2)35-31(32)38)28(26)22-10-13-24(33)14-11-22/h5-15,18,20,26,28-29H,4,16-17,19H2,1-3H3,(H,35,38)/t20-,26+,28+,29+,32-/m1/s1. The third-order valence-electron chi connectivity index (χ3n) is 8.73. The van der Waals surface area contributed by atoms with E-state index in [1.807, 2.05) is 72.5 Å². The van der Waals surface area contributed by atoms with E-state index >= 15 is 0 Å². The molecule has 1 heterocycles. The molecule has 0 spiro atoms. The van der Waals surface area contributed by atoms with Crippen LogP contribution in [0.3, 0.4) is 0 Å². The lowest BCUT2D eigenvalue weighted by atomic mass is 9.56. The summed E-state index contributed by atoms with van der Waals surface area (Å²) >= 11 is 13.2. The quantitative estimate of drug-likeness (QED) is 0.347. The summed E-state index contributed by atoms with van der Waals surface area (Å²) in [6.07, 6.45) is 1.63. The Labute approximate surface area is 235 Å². The minimum absolute atomic E-state index is 0.0329. The maximum Gasteiger partial charge on any atom is 0.254 e. The third-order valence-corrected chi connectivity index (χ3v) is 9.31. The number of amides is 2. The van der Waals surface area contributed by atoms with Gasteiger partial charge >= 0.3 is 0 Å². The average Bonchev–Trinajstić information content (AvgIpc) is 3.15. The van der Waals surface area contributed by atoms with Crippen LogP contribution in [0.15, 0.2) is 72.8 Å². The van der Waals surface area contributed by atoms with Crippen molar-refractivity contribution >= 4 is 35.0 Å². The fourth-order valence-electron chi connectivity index (χ4n) is 6.79. The number of carbonyl (C=O) groups is 2. The largest absolute Gasteiger partial charge is 0.353 e. The molecule has 0 aromatic heterocycles. The highest BCUT2D eigenvalue weighted by molar-refractivity contribution is 6.32. The summed E-state index contributed by atoms with van der Waals surface area (Å²) in [5.41, 5.74) is 3.45. The molecule has 2 amide bonds. The van der Waals surface area contributed by atoms with Gasteiger partial charge in [0.15, 0.2) is 0 Å². The molecule has 0 radical (unpaired) electrons. The SMILES string of the molecule is CCN(Cc1ccccc1)C(=O)c1ccc([C@@H]2CC[C@@]3(C)C(=O)N[C@H](C)[C@H]3[C@H]2c2ccc(Cl)cc2)c(Cl)c1. The molecule has 198 valence electrons. The second-order valence-corrected chi connectivity index (χ2v) is 11.8. The van der Waals surface area contributed by atoms with Crippen LogP contribution in [0.2, 0.25) is 10.0 Å². The molecule has 1 N–H and O–H groups in total. The Kier molecular flexibility index (Phi) is 7.57. The molecule has 38 heavy (non-hydrogen) atoms. The Morgan fingerprint density at radius 2 is 1.76 bits per heavy atom. The summed E-state index contributed by atoms with van der Waals surface area (Å²) in [5.74, 6) is 0.428. The van der Waals surface area contributed by atoms with E-state index in [9.17, 15) is 9.59 Å². The van der Waals surface area contributed by atoms with Gasteiger partial charge < -0.3 is 10.2 Å². The number of hydrogen-bond donors (Lipinski definition) is 1. The van der Waals surface area contributed by atoms with Crippen molar-refractivity contribution in [2.24, 2.45) is 11.3 Å². The molecule has 3 aromatic rings. The molecule has 1 saturated carbocycles. The second kappa shape index (κ2) is 10.7. The molecular weight excluding hydrogens is 515 g/mol. The fourth-order valence-corrected chi connectivity index (χ4v) is 7.23. The molecule has 0 bridgehead atoms. The number of nitrogens with zero attached hydrogens (tertiary/aromatic N) is 1. The lowest BCUT2D eigenvalue weighted by molar-refractivity contribution is -0.129. The minimum atomic E-state index is -0.429. The molecule has 6 heteroatoms. The van der Waals surface area contributed by atoms with Gasteiger partial charge in [-0.25, -0.2) is 0 Å². The van der Waals surface area contributed by atoms with Gasteiger partial charge in [-0.1, -0.05) is 78.7 Å². The molecule has 1 aliphatic heterocycles. The van der Waals surface area contributed by atoms with E-state index in [0.717, 1.165) is 29.5 Å².